The van der Waals surface area contributed by atoms with Gasteiger partial charge in [0.1, 0.15) is 5.58 Å². The Labute approximate surface area is 344 Å². The summed E-state index contributed by atoms with van der Waals surface area (Å²) < 4.78 is 25.8. The number of rotatable bonds is 8. The fourth-order valence-electron chi connectivity index (χ4n) is 7.23. The number of nitrogens with zero attached hydrogens (tertiary/aromatic N) is 3. The Balaban J connectivity index is 0.000000208. The van der Waals surface area contributed by atoms with Crippen molar-refractivity contribution in [2.45, 2.75) is 79.4 Å². The minimum atomic E-state index is -1.67. The first-order valence-electron chi connectivity index (χ1n) is 20.1. The molecular weight excluding hydrogens is 867 g/mol. The molecule has 5 aromatic carbocycles. The Morgan fingerprint density at radius 1 is 0.764 bits per heavy atom. The first kappa shape index (κ1) is 37.3. The van der Waals surface area contributed by atoms with Crippen LogP contribution in [0.2, 0.25) is 19.6 Å². The van der Waals surface area contributed by atoms with E-state index in [9.17, 15) is 0 Å². The second-order valence-corrected chi connectivity index (χ2v) is 21.0. The maximum absolute atomic E-state index is 8.55. The third-order valence-corrected chi connectivity index (χ3v) is 11.8. The van der Waals surface area contributed by atoms with Gasteiger partial charge in [-0.15, -0.1) is 54.1 Å². The van der Waals surface area contributed by atoms with E-state index >= 15 is 0 Å². The summed E-state index contributed by atoms with van der Waals surface area (Å²) in [5, 5.41) is 3.30. The van der Waals surface area contributed by atoms with Gasteiger partial charge in [-0.3, -0.25) is 4.98 Å². The van der Waals surface area contributed by atoms with Crippen LogP contribution in [0.4, 0.5) is 0 Å². The van der Waals surface area contributed by atoms with Crippen molar-refractivity contribution in [2.24, 2.45) is 5.92 Å². The van der Waals surface area contributed by atoms with Crippen LogP contribution in [-0.4, -0.2) is 22.6 Å². The summed E-state index contributed by atoms with van der Waals surface area (Å²) >= 11 is 0. The molecule has 0 atom stereocenters. The average molecular weight is 920 g/mol. The number of fused-ring (bicyclic) bond motifs is 4. The van der Waals surface area contributed by atoms with Crippen molar-refractivity contribution in [3.05, 3.63) is 144 Å². The van der Waals surface area contributed by atoms with Crippen LogP contribution >= 0.6 is 0 Å². The summed E-state index contributed by atoms with van der Waals surface area (Å²) in [6.07, 6.45) is 0.528. The Morgan fingerprint density at radius 3 is 2.13 bits per heavy atom. The van der Waals surface area contributed by atoms with Crippen LogP contribution in [0.15, 0.2) is 120 Å². The number of hydrogen-bond acceptors (Lipinski definition) is 3. The second kappa shape index (κ2) is 16.6. The van der Waals surface area contributed by atoms with Crippen LogP contribution in [0.1, 0.15) is 72.8 Å². The number of benzene rings is 5. The minimum Gasteiger partial charge on any atom is -0.501 e. The molecule has 0 aliphatic rings. The molecule has 0 saturated heterocycles. The van der Waals surface area contributed by atoms with E-state index in [1.807, 2.05) is 74.6 Å². The van der Waals surface area contributed by atoms with Gasteiger partial charge in [-0.25, -0.2) is 0 Å². The number of hydrogen-bond donors (Lipinski definition) is 0. The molecule has 283 valence electrons. The number of furan rings is 1. The normalized spacial score (nSPS) is 12.6. The van der Waals surface area contributed by atoms with Crippen LogP contribution < -0.4 is 5.19 Å². The van der Waals surface area contributed by atoms with E-state index in [4.69, 9.17) is 12.1 Å². The largest absolute Gasteiger partial charge is 0.501 e. The molecule has 0 amide bonds. The van der Waals surface area contributed by atoms with Crippen molar-refractivity contribution in [1.82, 2.24) is 14.5 Å². The molecule has 0 N–H and O–H groups in total. The predicted molar refractivity (Wildman–Crippen MR) is 231 cm³/mol. The number of aromatic nitrogens is 3. The quantitative estimate of drug-likeness (QED) is 0.113. The molecule has 6 heteroatoms. The molecule has 0 spiro atoms. The summed E-state index contributed by atoms with van der Waals surface area (Å²) in [5.74, 6) is 1.51. The Bertz CT molecular complexity index is 2630. The minimum absolute atomic E-state index is 0. The van der Waals surface area contributed by atoms with Crippen LogP contribution in [0.25, 0.3) is 61.3 Å². The summed E-state index contributed by atoms with van der Waals surface area (Å²) in [7, 11) is -1.67. The van der Waals surface area contributed by atoms with Crippen molar-refractivity contribution in [3.8, 4) is 28.3 Å². The van der Waals surface area contributed by atoms with E-state index in [1.165, 1.54) is 16.8 Å². The number of pyridine rings is 1. The molecule has 3 aromatic heterocycles. The van der Waals surface area contributed by atoms with Crippen molar-refractivity contribution < 1.29 is 27.3 Å². The van der Waals surface area contributed by atoms with Crippen LogP contribution in [0, 0.1) is 18.1 Å². The summed E-state index contributed by atoms with van der Waals surface area (Å²) in [5.41, 5.74) is 11.0. The number of imidazole rings is 1. The van der Waals surface area contributed by atoms with Gasteiger partial charge >= 0.3 is 0 Å². The van der Waals surface area contributed by atoms with E-state index in [2.05, 4.69) is 124 Å². The fourth-order valence-corrected chi connectivity index (χ4v) is 8.63. The van der Waals surface area contributed by atoms with E-state index in [-0.39, 0.29) is 26.0 Å². The molecule has 55 heavy (non-hydrogen) atoms. The van der Waals surface area contributed by atoms with E-state index in [0.29, 0.717) is 11.8 Å². The van der Waals surface area contributed by atoms with Crippen LogP contribution in [0.3, 0.4) is 0 Å². The first-order chi connectivity index (χ1) is 26.7. The zero-order chi connectivity index (χ0) is 39.9. The van der Waals surface area contributed by atoms with Gasteiger partial charge in [0, 0.05) is 40.1 Å². The third kappa shape index (κ3) is 8.19. The number of para-hydroxylation sites is 4. The van der Waals surface area contributed by atoms with Gasteiger partial charge < -0.3 is 14.0 Å². The smallest absolute Gasteiger partial charge is 0.120 e. The van der Waals surface area contributed by atoms with E-state index in [1.54, 1.807) is 0 Å². The van der Waals surface area contributed by atoms with Crippen LogP contribution in [-0.2, 0) is 26.5 Å². The second-order valence-electron chi connectivity index (χ2n) is 16.0. The average Bonchev–Trinajstić information content (AvgIpc) is 3.76. The molecule has 4 nitrogen and oxygen atoms in total. The summed E-state index contributed by atoms with van der Waals surface area (Å²) in [4.78, 5) is 9.74. The van der Waals surface area contributed by atoms with Gasteiger partial charge in [0.15, 0.2) is 0 Å². The Hall–Kier alpha value is -4.61. The van der Waals surface area contributed by atoms with Crippen molar-refractivity contribution in [1.29, 1.82) is 0 Å². The molecule has 0 saturated carbocycles. The van der Waals surface area contributed by atoms with Crippen molar-refractivity contribution in [2.75, 3.05) is 0 Å². The molecular formula is C49H51IrN3OSi-2. The summed E-state index contributed by atoms with van der Waals surface area (Å²) in [6, 6.07) is 43.6. The molecule has 3 heterocycles. The van der Waals surface area contributed by atoms with Gasteiger partial charge in [0.25, 0.3) is 0 Å². The molecule has 0 fully saturated rings. The predicted octanol–water partition coefficient (Wildman–Crippen LogP) is 12.9. The Morgan fingerprint density at radius 2 is 1.45 bits per heavy atom. The molecule has 8 aromatic rings. The molecule has 0 aliphatic heterocycles. The molecule has 0 bridgehead atoms. The zero-order valence-corrected chi connectivity index (χ0v) is 36.7. The van der Waals surface area contributed by atoms with Crippen LogP contribution in [0.5, 0.6) is 0 Å². The van der Waals surface area contributed by atoms with Gasteiger partial charge in [0.05, 0.1) is 30.5 Å². The van der Waals surface area contributed by atoms with Gasteiger partial charge in [-0.05, 0) is 64.3 Å². The molecule has 1 radical (unpaired) electrons. The van der Waals surface area contributed by atoms with E-state index < -0.39 is 14.4 Å². The third-order valence-electron chi connectivity index (χ3n) is 9.83. The fraction of sp³-hybridized carbons (Fsp3) is 0.265. The van der Waals surface area contributed by atoms with Crippen molar-refractivity contribution in [3.63, 3.8) is 0 Å². The molecule has 0 aliphatic carbocycles. The molecule has 8 rings (SSSR count). The molecule has 0 unspecified atom stereocenters. The SMILES string of the molecule is CC(C)c1cccc(C(C)C)c1-n1c(-c2[c-]ccc3c2oc2ccccc23)nc2ccccc21.[2H]C([2H])(c1cc(-c2[c-]cccc2)ncc1[Si](C)(C)C)C(C)C.[Ir]. The Kier molecular flexibility index (Phi) is 11.3. The monoisotopic (exact) mass is 920 g/mol. The maximum atomic E-state index is 8.55. The zero-order valence-electron chi connectivity index (χ0n) is 35.3. The van der Waals surface area contributed by atoms with E-state index in [0.717, 1.165) is 66.4 Å². The standard InChI is InChI=1S/C31H27N2O.C18H24NSi.Ir/c1-19(2)21-12-9-13-22(20(3)4)29(21)33-27-17-7-6-16-26(27)32-31(33)25-15-10-14-24-23-11-5-8-18-28(23)34-30(24)25;1-14(2)11-16-12-17(15-9-7-6-8-10-15)19-13-18(16)20(3,4)5;/h5-14,16-20H,1-4H3;6-9,12-14H,11H2,1-5H3;/q2*-1;/i;11D2;. The maximum Gasteiger partial charge on any atom is 0.120 e. The van der Waals surface area contributed by atoms with Gasteiger partial charge in [0.2, 0.25) is 0 Å². The summed E-state index contributed by atoms with van der Waals surface area (Å²) in [6.45, 7) is 19.6. The topological polar surface area (TPSA) is 43.9 Å². The first-order valence-corrected chi connectivity index (χ1v) is 22.6. The van der Waals surface area contributed by atoms with Crippen molar-refractivity contribution >= 4 is 46.2 Å². The van der Waals surface area contributed by atoms with Gasteiger partial charge in [-0.2, -0.15) is 0 Å². The van der Waals surface area contributed by atoms with Gasteiger partial charge in [-0.1, -0.05) is 132 Å².